The Labute approximate surface area is 155 Å². The molecule has 1 aliphatic rings. The SMILES string of the molecule is COc1ccc([C@H]2CC(=O)Nc3c2cnn3-c2ccc(F)cc2)cc1OC. The molecule has 0 bridgehead atoms. The summed E-state index contributed by atoms with van der Waals surface area (Å²) in [5.74, 6) is 1.23. The van der Waals surface area contributed by atoms with E-state index < -0.39 is 0 Å². The van der Waals surface area contributed by atoms with Crippen molar-refractivity contribution < 1.29 is 18.7 Å². The lowest BCUT2D eigenvalue weighted by Gasteiger charge is -2.24. The Bertz CT molecular complexity index is 998. The molecule has 2 heterocycles. The third-order valence-corrected chi connectivity index (χ3v) is 4.70. The van der Waals surface area contributed by atoms with Crippen molar-refractivity contribution in [1.29, 1.82) is 0 Å². The molecule has 3 aromatic rings. The van der Waals surface area contributed by atoms with Crippen molar-refractivity contribution in [3.8, 4) is 17.2 Å². The van der Waals surface area contributed by atoms with Crippen molar-refractivity contribution in [3.05, 3.63) is 65.6 Å². The summed E-state index contributed by atoms with van der Waals surface area (Å²) in [5, 5.41) is 7.29. The van der Waals surface area contributed by atoms with Crippen molar-refractivity contribution in [3.63, 3.8) is 0 Å². The molecular weight excluding hydrogens is 349 g/mol. The minimum Gasteiger partial charge on any atom is -0.493 e. The fourth-order valence-electron chi connectivity index (χ4n) is 3.36. The van der Waals surface area contributed by atoms with E-state index in [1.807, 2.05) is 18.2 Å². The van der Waals surface area contributed by atoms with Crippen LogP contribution in [0, 0.1) is 5.82 Å². The molecule has 0 spiro atoms. The number of carbonyl (C=O) groups is 1. The third-order valence-electron chi connectivity index (χ3n) is 4.70. The van der Waals surface area contributed by atoms with Gasteiger partial charge < -0.3 is 14.8 Å². The van der Waals surface area contributed by atoms with Gasteiger partial charge in [-0.25, -0.2) is 9.07 Å². The Balaban J connectivity index is 1.78. The van der Waals surface area contributed by atoms with E-state index >= 15 is 0 Å². The predicted molar refractivity (Wildman–Crippen MR) is 98.2 cm³/mol. The molecule has 0 saturated heterocycles. The topological polar surface area (TPSA) is 65.4 Å². The van der Waals surface area contributed by atoms with Crippen molar-refractivity contribution in [2.45, 2.75) is 12.3 Å². The van der Waals surface area contributed by atoms with Crippen LogP contribution in [0.2, 0.25) is 0 Å². The van der Waals surface area contributed by atoms with Gasteiger partial charge in [-0.1, -0.05) is 6.07 Å². The van der Waals surface area contributed by atoms with Crippen LogP contribution >= 0.6 is 0 Å². The van der Waals surface area contributed by atoms with Gasteiger partial charge in [-0.2, -0.15) is 5.10 Å². The number of aromatic nitrogens is 2. The smallest absolute Gasteiger partial charge is 0.226 e. The number of hydrogen-bond acceptors (Lipinski definition) is 4. The number of rotatable bonds is 4. The maximum absolute atomic E-state index is 13.2. The summed E-state index contributed by atoms with van der Waals surface area (Å²) < 4.78 is 25.5. The van der Waals surface area contributed by atoms with Gasteiger partial charge in [-0.3, -0.25) is 4.79 Å². The van der Waals surface area contributed by atoms with Gasteiger partial charge in [-0.15, -0.1) is 0 Å². The van der Waals surface area contributed by atoms with Gasteiger partial charge in [0.15, 0.2) is 11.5 Å². The number of fused-ring (bicyclic) bond motifs is 1. The third kappa shape index (κ3) is 3.01. The minimum atomic E-state index is -0.327. The van der Waals surface area contributed by atoms with Crippen LogP contribution in [0.3, 0.4) is 0 Å². The second-order valence-corrected chi connectivity index (χ2v) is 6.26. The quantitative estimate of drug-likeness (QED) is 0.766. The number of anilines is 1. The summed E-state index contributed by atoms with van der Waals surface area (Å²) in [6.45, 7) is 0. The highest BCUT2D eigenvalue weighted by Crippen LogP contribution is 2.40. The molecule has 4 rings (SSSR count). The maximum Gasteiger partial charge on any atom is 0.226 e. The molecular formula is C20H18FN3O3. The van der Waals surface area contributed by atoms with Crippen molar-refractivity contribution in [2.24, 2.45) is 0 Å². The average molecular weight is 367 g/mol. The Morgan fingerprint density at radius 3 is 2.56 bits per heavy atom. The lowest BCUT2D eigenvalue weighted by molar-refractivity contribution is -0.116. The van der Waals surface area contributed by atoms with Gasteiger partial charge in [0.1, 0.15) is 11.6 Å². The normalized spacial score (nSPS) is 15.8. The lowest BCUT2D eigenvalue weighted by atomic mass is 9.87. The second-order valence-electron chi connectivity index (χ2n) is 6.26. The number of halogens is 1. The predicted octanol–water partition coefficient (Wildman–Crippen LogP) is 3.50. The molecule has 0 aliphatic carbocycles. The maximum atomic E-state index is 13.2. The molecule has 0 radical (unpaired) electrons. The summed E-state index contributed by atoms with van der Waals surface area (Å²) >= 11 is 0. The summed E-state index contributed by atoms with van der Waals surface area (Å²) in [4.78, 5) is 12.4. The first-order valence-corrected chi connectivity index (χ1v) is 8.46. The molecule has 2 aromatic carbocycles. The van der Waals surface area contributed by atoms with Crippen LogP contribution < -0.4 is 14.8 Å². The first-order valence-electron chi connectivity index (χ1n) is 8.46. The molecule has 1 aliphatic heterocycles. The van der Waals surface area contributed by atoms with E-state index in [-0.39, 0.29) is 17.6 Å². The highest BCUT2D eigenvalue weighted by atomic mass is 19.1. The summed E-state index contributed by atoms with van der Waals surface area (Å²) in [6.07, 6.45) is 2.04. The minimum absolute atomic E-state index is 0.105. The number of carbonyl (C=O) groups excluding carboxylic acids is 1. The first-order chi connectivity index (χ1) is 13.1. The molecule has 138 valence electrons. The second kappa shape index (κ2) is 6.75. The number of hydrogen-bond donors (Lipinski definition) is 1. The zero-order valence-electron chi connectivity index (χ0n) is 14.9. The molecule has 27 heavy (non-hydrogen) atoms. The molecule has 0 fully saturated rings. The van der Waals surface area contributed by atoms with E-state index in [1.54, 1.807) is 37.2 Å². The largest absolute Gasteiger partial charge is 0.493 e. The van der Waals surface area contributed by atoms with Gasteiger partial charge in [0.25, 0.3) is 0 Å². The van der Waals surface area contributed by atoms with Crippen molar-refractivity contribution >= 4 is 11.7 Å². The number of nitrogens with one attached hydrogen (secondary N) is 1. The van der Waals surface area contributed by atoms with Crippen molar-refractivity contribution in [2.75, 3.05) is 19.5 Å². The van der Waals surface area contributed by atoms with Crippen LogP contribution in [0.15, 0.2) is 48.7 Å². The van der Waals surface area contributed by atoms with E-state index in [2.05, 4.69) is 10.4 Å². The van der Waals surface area contributed by atoms with E-state index in [1.165, 1.54) is 12.1 Å². The zero-order chi connectivity index (χ0) is 19.0. The molecule has 1 amide bonds. The van der Waals surface area contributed by atoms with Gasteiger partial charge in [0.05, 0.1) is 26.1 Å². The number of amides is 1. The van der Waals surface area contributed by atoms with Crippen LogP contribution in [-0.4, -0.2) is 29.9 Å². The number of nitrogens with zero attached hydrogens (tertiary/aromatic N) is 2. The number of ether oxygens (including phenoxy) is 2. The molecule has 0 unspecified atom stereocenters. The molecule has 7 heteroatoms. The molecule has 1 N–H and O–H groups in total. The molecule has 6 nitrogen and oxygen atoms in total. The Hall–Kier alpha value is -3.35. The van der Waals surface area contributed by atoms with E-state index in [0.29, 0.717) is 29.4 Å². The summed E-state index contributed by atoms with van der Waals surface area (Å²) in [5.41, 5.74) is 2.50. The molecule has 0 saturated carbocycles. The van der Waals surface area contributed by atoms with Crippen LogP contribution in [0.1, 0.15) is 23.5 Å². The van der Waals surface area contributed by atoms with Crippen LogP contribution in [0.4, 0.5) is 10.2 Å². The van der Waals surface area contributed by atoms with E-state index in [0.717, 1.165) is 11.1 Å². The van der Waals surface area contributed by atoms with Crippen LogP contribution in [0.5, 0.6) is 11.5 Å². The fourth-order valence-corrected chi connectivity index (χ4v) is 3.36. The lowest BCUT2D eigenvalue weighted by Crippen LogP contribution is -2.24. The summed E-state index contributed by atoms with van der Waals surface area (Å²) in [7, 11) is 3.16. The van der Waals surface area contributed by atoms with Crippen molar-refractivity contribution in [1.82, 2.24) is 9.78 Å². The van der Waals surface area contributed by atoms with Gasteiger partial charge in [-0.05, 0) is 42.0 Å². The first kappa shape index (κ1) is 17.1. The number of benzene rings is 2. The zero-order valence-corrected chi connectivity index (χ0v) is 14.9. The molecule has 1 aromatic heterocycles. The van der Waals surface area contributed by atoms with Gasteiger partial charge in [0.2, 0.25) is 5.91 Å². The average Bonchev–Trinajstić information content (AvgIpc) is 3.11. The van der Waals surface area contributed by atoms with E-state index in [4.69, 9.17) is 9.47 Å². The Morgan fingerprint density at radius 1 is 1.11 bits per heavy atom. The standard InChI is InChI=1S/C20H18FN3O3/c1-26-17-8-3-12(9-18(17)27-2)15-10-19(25)23-20-16(15)11-22-24(20)14-6-4-13(21)5-7-14/h3-9,11,15H,10H2,1-2H3,(H,23,25)/t15-/m1/s1. The van der Waals surface area contributed by atoms with Crippen LogP contribution in [0.25, 0.3) is 5.69 Å². The number of methoxy groups -OCH3 is 2. The monoisotopic (exact) mass is 367 g/mol. The fraction of sp³-hybridized carbons (Fsp3) is 0.200. The van der Waals surface area contributed by atoms with Gasteiger partial charge in [0, 0.05) is 17.9 Å². The Morgan fingerprint density at radius 2 is 1.85 bits per heavy atom. The summed E-state index contributed by atoms with van der Waals surface area (Å²) in [6, 6.07) is 11.6. The highest BCUT2D eigenvalue weighted by Gasteiger charge is 2.31. The van der Waals surface area contributed by atoms with Crippen LogP contribution in [-0.2, 0) is 4.79 Å². The van der Waals surface area contributed by atoms with Gasteiger partial charge >= 0.3 is 0 Å². The molecule has 1 atom stereocenters. The Kier molecular flexibility index (Phi) is 4.27. The highest BCUT2D eigenvalue weighted by molar-refractivity contribution is 5.94. The van der Waals surface area contributed by atoms with E-state index in [9.17, 15) is 9.18 Å².